The van der Waals surface area contributed by atoms with E-state index >= 15 is 0 Å². The number of halogens is 1. The van der Waals surface area contributed by atoms with Crippen LogP contribution in [0, 0.1) is 0 Å². The zero-order chi connectivity index (χ0) is 19.8. The standard InChI is InChI=1S/C21H26ClN3O3/c22-17-7-5-16(6-8-17)15-25-12-9-18(10-13-25)24-20(26)4-1-11-23-21(27)19-3-2-14-28-19/h2-3,5-8,14,18H,1,4,9-13,15H2,(H,23,27)(H,24,26). The van der Waals surface area contributed by atoms with E-state index in [0.29, 0.717) is 19.4 Å². The first-order valence-corrected chi connectivity index (χ1v) is 10.1. The first kappa shape index (κ1) is 20.4. The first-order chi connectivity index (χ1) is 13.6. The average Bonchev–Trinajstić information content (AvgIpc) is 3.23. The first-order valence-electron chi connectivity index (χ1n) is 9.68. The summed E-state index contributed by atoms with van der Waals surface area (Å²) >= 11 is 5.93. The second-order valence-electron chi connectivity index (χ2n) is 7.08. The van der Waals surface area contributed by atoms with E-state index in [4.69, 9.17) is 16.0 Å². The molecule has 1 aliphatic heterocycles. The third-order valence-corrected chi connectivity index (χ3v) is 5.14. The molecule has 0 spiro atoms. The second kappa shape index (κ2) is 10.3. The summed E-state index contributed by atoms with van der Waals surface area (Å²) in [6.07, 6.45) is 4.38. The zero-order valence-electron chi connectivity index (χ0n) is 15.8. The van der Waals surface area contributed by atoms with E-state index < -0.39 is 0 Å². The molecule has 28 heavy (non-hydrogen) atoms. The number of carbonyl (C=O) groups is 2. The van der Waals surface area contributed by atoms with Crippen molar-refractivity contribution in [3.8, 4) is 0 Å². The zero-order valence-corrected chi connectivity index (χ0v) is 16.6. The SMILES string of the molecule is O=C(CCCNC(=O)c1ccco1)NC1CCN(Cc2ccc(Cl)cc2)CC1. The molecule has 1 saturated heterocycles. The van der Waals surface area contributed by atoms with Crippen LogP contribution in [0.4, 0.5) is 0 Å². The monoisotopic (exact) mass is 403 g/mol. The summed E-state index contributed by atoms with van der Waals surface area (Å²) < 4.78 is 5.02. The van der Waals surface area contributed by atoms with Crippen molar-refractivity contribution in [1.29, 1.82) is 0 Å². The molecule has 2 N–H and O–H groups in total. The molecule has 0 aliphatic carbocycles. The quantitative estimate of drug-likeness (QED) is 0.663. The molecule has 0 saturated carbocycles. The molecule has 7 heteroatoms. The van der Waals surface area contributed by atoms with Crippen LogP contribution in [-0.4, -0.2) is 42.4 Å². The van der Waals surface area contributed by atoms with Gasteiger partial charge in [-0.3, -0.25) is 14.5 Å². The van der Waals surface area contributed by atoms with Crippen LogP contribution in [0.3, 0.4) is 0 Å². The van der Waals surface area contributed by atoms with E-state index in [0.717, 1.165) is 37.5 Å². The number of benzene rings is 1. The Bertz CT molecular complexity index is 754. The lowest BCUT2D eigenvalue weighted by Gasteiger charge is -2.32. The molecule has 6 nitrogen and oxygen atoms in total. The Morgan fingerprint density at radius 1 is 1.14 bits per heavy atom. The van der Waals surface area contributed by atoms with Crippen molar-refractivity contribution < 1.29 is 14.0 Å². The number of hydrogen-bond donors (Lipinski definition) is 2. The van der Waals surface area contributed by atoms with E-state index in [1.165, 1.54) is 11.8 Å². The van der Waals surface area contributed by atoms with Gasteiger partial charge in [0.15, 0.2) is 5.76 Å². The highest BCUT2D eigenvalue weighted by molar-refractivity contribution is 6.30. The molecule has 2 heterocycles. The summed E-state index contributed by atoms with van der Waals surface area (Å²) in [7, 11) is 0. The van der Waals surface area contributed by atoms with Crippen LogP contribution in [0.5, 0.6) is 0 Å². The van der Waals surface area contributed by atoms with Gasteiger partial charge >= 0.3 is 0 Å². The van der Waals surface area contributed by atoms with Gasteiger partial charge in [-0.2, -0.15) is 0 Å². The summed E-state index contributed by atoms with van der Waals surface area (Å²) in [6, 6.07) is 11.5. The number of amides is 2. The normalized spacial score (nSPS) is 15.3. The van der Waals surface area contributed by atoms with Gasteiger partial charge in [-0.25, -0.2) is 0 Å². The molecular weight excluding hydrogens is 378 g/mol. The molecule has 1 aromatic heterocycles. The van der Waals surface area contributed by atoms with Crippen LogP contribution in [0.25, 0.3) is 0 Å². The molecule has 3 rings (SSSR count). The Morgan fingerprint density at radius 3 is 2.57 bits per heavy atom. The highest BCUT2D eigenvalue weighted by Gasteiger charge is 2.20. The summed E-state index contributed by atoms with van der Waals surface area (Å²) in [5.41, 5.74) is 1.25. The van der Waals surface area contributed by atoms with Gasteiger partial charge in [0.05, 0.1) is 6.26 Å². The van der Waals surface area contributed by atoms with Gasteiger partial charge in [0.2, 0.25) is 5.91 Å². The molecule has 1 fully saturated rings. The lowest BCUT2D eigenvalue weighted by Crippen LogP contribution is -2.44. The maximum atomic E-state index is 12.1. The summed E-state index contributed by atoms with van der Waals surface area (Å²) in [5, 5.41) is 6.62. The Kier molecular flexibility index (Phi) is 7.51. The fourth-order valence-electron chi connectivity index (χ4n) is 3.33. The highest BCUT2D eigenvalue weighted by Crippen LogP contribution is 2.16. The molecule has 0 bridgehead atoms. The largest absolute Gasteiger partial charge is 0.459 e. The van der Waals surface area contributed by atoms with Crippen LogP contribution >= 0.6 is 11.6 Å². The Balaban J connectivity index is 1.28. The maximum absolute atomic E-state index is 12.1. The summed E-state index contributed by atoms with van der Waals surface area (Å²) in [6.45, 7) is 3.29. The van der Waals surface area contributed by atoms with E-state index in [-0.39, 0.29) is 23.6 Å². The number of carbonyl (C=O) groups excluding carboxylic acids is 2. The lowest BCUT2D eigenvalue weighted by molar-refractivity contribution is -0.122. The molecule has 0 atom stereocenters. The van der Waals surface area contributed by atoms with Crippen molar-refractivity contribution in [3.05, 3.63) is 59.0 Å². The Labute approximate surface area is 170 Å². The van der Waals surface area contributed by atoms with E-state index in [1.807, 2.05) is 12.1 Å². The van der Waals surface area contributed by atoms with Gasteiger partial charge in [-0.1, -0.05) is 23.7 Å². The van der Waals surface area contributed by atoms with Crippen molar-refractivity contribution in [2.45, 2.75) is 38.3 Å². The topological polar surface area (TPSA) is 74.6 Å². The average molecular weight is 404 g/mol. The number of likely N-dealkylation sites (tertiary alicyclic amines) is 1. The van der Waals surface area contributed by atoms with Crippen LogP contribution < -0.4 is 10.6 Å². The fraction of sp³-hybridized carbons (Fsp3) is 0.429. The number of furan rings is 1. The van der Waals surface area contributed by atoms with Crippen LogP contribution in [0.15, 0.2) is 47.1 Å². The molecule has 0 radical (unpaired) electrons. The van der Waals surface area contributed by atoms with Gasteiger partial charge in [0, 0.05) is 43.7 Å². The molecule has 150 valence electrons. The smallest absolute Gasteiger partial charge is 0.286 e. The summed E-state index contributed by atoms with van der Waals surface area (Å²) in [5.74, 6) is 0.0803. The van der Waals surface area contributed by atoms with Gasteiger partial charge in [-0.05, 0) is 49.1 Å². The van der Waals surface area contributed by atoms with Crippen LogP contribution in [0.2, 0.25) is 5.02 Å². The minimum absolute atomic E-state index is 0.0448. The molecule has 1 aliphatic rings. The van der Waals surface area contributed by atoms with E-state index in [9.17, 15) is 9.59 Å². The minimum Gasteiger partial charge on any atom is -0.459 e. The van der Waals surface area contributed by atoms with Crippen molar-refractivity contribution in [1.82, 2.24) is 15.5 Å². The molecular formula is C21H26ClN3O3. The predicted octanol–water partition coefficient (Wildman–Crippen LogP) is 3.22. The van der Waals surface area contributed by atoms with Crippen LogP contribution in [-0.2, 0) is 11.3 Å². The summed E-state index contributed by atoms with van der Waals surface area (Å²) in [4.78, 5) is 26.2. The maximum Gasteiger partial charge on any atom is 0.286 e. The Hall–Kier alpha value is -2.31. The second-order valence-corrected chi connectivity index (χ2v) is 7.52. The van der Waals surface area contributed by atoms with Gasteiger partial charge < -0.3 is 15.1 Å². The number of hydrogen-bond acceptors (Lipinski definition) is 4. The van der Waals surface area contributed by atoms with Gasteiger partial charge in [0.25, 0.3) is 5.91 Å². The predicted molar refractivity (Wildman–Crippen MR) is 108 cm³/mol. The number of nitrogens with one attached hydrogen (secondary N) is 2. The van der Waals surface area contributed by atoms with Crippen molar-refractivity contribution in [3.63, 3.8) is 0 Å². The number of rotatable bonds is 8. The molecule has 2 aromatic rings. The van der Waals surface area contributed by atoms with Crippen molar-refractivity contribution in [2.24, 2.45) is 0 Å². The fourth-order valence-corrected chi connectivity index (χ4v) is 3.45. The van der Waals surface area contributed by atoms with Gasteiger partial charge in [-0.15, -0.1) is 0 Å². The van der Waals surface area contributed by atoms with E-state index in [1.54, 1.807) is 12.1 Å². The Morgan fingerprint density at radius 2 is 1.89 bits per heavy atom. The number of piperidine rings is 1. The third-order valence-electron chi connectivity index (χ3n) is 4.88. The highest BCUT2D eigenvalue weighted by atomic mass is 35.5. The molecule has 2 amide bonds. The lowest BCUT2D eigenvalue weighted by atomic mass is 10.0. The number of nitrogens with zero attached hydrogens (tertiary/aromatic N) is 1. The molecule has 0 unspecified atom stereocenters. The minimum atomic E-state index is -0.251. The van der Waals surface area contributed by atoms with Crippen LogP contribution in [0.1, 0.15) is 41.8 Å². The van der Waals surface area contributed by atoms with Crippen molar-refractivity contribution >= 4 is 23.4 Å². The van der Waals surface area contributed by atoms with Crippen molar-refractivity contribution in [2.75, 3.05) is 19.6 Å². The van der Waals surface area contributed by atoms with Gasteiger partial charge in [0.1, 0.15) is 0 Å². The molecule has 1 aromatic carbocycles. The third kappa shape index (κ3) is 6.39. The van der Waals surface area contributed by atoms with E-state index in [2.05, 4.69) is 27.7 Å².